The van der Waals surface area contributed by atoms with Gasteiger partial charge in [-0.15, -0.1) is 0 Å². The van der Waals surface area contributed by atoms with Crippen molar-refractivity contribution in [3.8, 4) is 17.2 Å². The third-order valence-corrected chi connectivity index (χ3v) is 5.69. The third kappa shape index (κ3) is 4.04. The summed E-state index contributed by atoms with van der Waals surface area (Å²) in [6, 6.07) is 4.34. The van der Waals surface area contributed by atoms with Crippen LogP contribution in [0.15, 0.2) is 12.1 Å². The zero-order valence-corrected chi connectivity index (χ0v) is 15.8. The Kier molecular flexibility index (Phi) is 6.43. The van der Waals surface area contributed by atoms with Gasteiger partial charge in [0.05, 0.1) is 26.9 Å². The molecule has 2 aliphatic rings. The minimum Gasteiger partial charge on any atom is -0.496 e. The summed E-state index contributed by atoms with van der Waals surface area (Å²) in [4.78, 5) is 2.62. The van der Waals surface area contributed by atoms with E-state index in [0.717, 1.165) is 43.4 Å². The largest absolute Gasteiger partial charge is 0.496 e. The highest BCUT2D eigenvalue weighted by Crippen LogP contribution is 2.47. The minimum atomic E-state index is 0.346. The monoisotopic (exact) mass is 348 g/mol. The Labute approximate surface area is 151 Å². The lowest BCUT2D eigenvalue weighted by Gasteiger charge is -2.42. The van der Waals surface area contributed by atoms with Crippen LogP contribution in [0.1, 0.15) is 43.7 Å². The fraction of sp³-hybridized carbons (Fsp3) is 0.700. The first-order valence-electron chi connectivity index (χ1n) is 9.53. The zero-order chi connectivity index (χ0) is 17.6. The van der Waals surface area contributed by atoms with Gasteiger partial charge in [-0.3, -0.25) is 4.90 Å². The van der Waals surface area contributed by atoms with Gasteiger partial charge in [0.15, 0.2) is 0 Å². The van der Waals surface area contributed by atoms with Gasteiger partial charge >= 0.3 is 0 Å². The second-order valence-electron chi connectivity index (χ2n) is 7.07. The summed E-state index contributed by atoms with van der Waals surface area (Å²) < 4.78 is 17.0. The normalized spacial score (nSPS) is 20.9. The van der Waals surface area contributed by atoms with Gasteiger partial charge in [0.1, 0.15) is 17.2 Å². The summed E-state index contributed by atoms with van der Waals surface area (Å²) in [5.74, 6) is 3.19. The van der Waals surface area contributed by atoms with Crippen molar-refractivity contribution in [2.45, 2.75) is 38.1 Å². The minimum absolute atomic E-state index is 0.346. The number of ether oxygens (including phenoxy) is 3. The molecule has 1 N–H and O–H groups in total. The first-order chi connectivity index (χ1) is 12.3. The summed E-state index contributed by atoms with van der Waals surface area (Å²) in [6.45, 7) is 4.23. The Balaban J connectivity index is 2.04. The molecule has 0 radical (unpaired) electrons. The maximum Gasteiger partial charge on any atom is 0.131 e. The van der Waals surface area contributed by atoms with E-state index in [0.29, 0.717) is 12.0 Å². The molecular weight excluding hydrogens is 316 g/mol. The van der Waals surface area contributed by atoms with Crippen LogP contribution in [-0.4, -0.2) is 52.4 Å². The molecule has 1 atom stereocenters. The topological polar surface area (TPSA) is 43.0 Å². The molecule has 0 bridgehead atoms. The lowest BCUT2D eigenvalue weighted by atomic mass is 9.79. The molecule has 0 spiro atoms. The van der Waals surface area contributed by atoms with E-state index in [1.54, 1.807) is 21.3 Å². The van der Waals surface area contributed by atoms with Crippen molar-refractivity contribution in [3.63, 3.8) is 0 Å². The first kappa shape index (κ1) is 18.3. The maximum atomic E-state index is 5.79. The van der Waals surface area contributed by atoms with Crippen LogP contribution < -0.4 is 19.5 Å². The highest BCUT2D eigenvalue weighted by molar-refractivity contribution is 5.52. The van der Waals surface area contributed by atoms with E-state index in [2.05, 4.69) is 10.2 Å². The van der Waals surface area contributed by atoms with E-state index in [4.69, 9.17) is 14.2 Å². The summed E-state index contributed by atoms with van der Waals surface area (Å²) in [6.07, 6.45) is 6.59. The van der Waals surface area contributed by atoms with Crippen molar-refractivity contribution in [1.82, 2.24) is 10.2 Å². The molecule has 0 aromatic heterocycles. The molecule has 1 saturated carbocycles. The summed E-state index contributed by atoms with van der Waals surface area (Å²) in [5.41, 5.74) is 1.19. The van der Waals surface area contributed by atoms with Gasteiger partial charge in [0.2, 0.25) is 0 Å². The van der Waals surface area contributed by atoms with Crippen LogP contribution in [0, 0.1) is 5.92 Å². The van der Waals surface area contributed by atoms with E-state index >= 15 is 0 Å². The van der Waals surface area contributed by atoms with E-state index in [1.807, 2.05) is 12.1 Å². The van der Waals surface area contributed by atoms with Gasteiger partial charge in [-0.05, 0) is 18.8 Å². The van der Waals surface area contributed by atoms with Crippen LogP contribution in [0.3, 0.4) is 0 Å². The molecule has 3 rings (SSSR count). The number of methoxy groups -OCH3 is 3. The Hall–Kier alpha value is -1.46. The number of nitrogens with one attached hydrogen (secondary N) is 1. The van der Waals surface area contributed by atoms with Crippen molar-refractivity contribution in [2.24, 2.45) is 5.92 Å². The van der Waals surface area contributed by atoms with Crippen LogP contribution in [0.4, 0.5) is 0 Å². The van der Waals surface area contributed by atoms with E-state index in [9.17, 15) is 0 Å². The zero-order valence-electron chi connectivity index (χ0n) is 15.8. The number of rotatable bonds is 6. The third-order valence-electron chi connectivity index (χ3n) is 5.69. The summed E-state index contributed by atoms with van der Waals surface area (Å²) in [5, 5.41) is 3.48. The van der Waals surface area contributed by atoms with E-state index in [-0.39, 0.29) is 0 Å². The average Bonchev–Trinajstić information content (AvgIpc) is 2.69. The van der Waals surface area contributed by atoms with Crippen molar-refractivity contribution in [3.05, 3.63) is 17.7 Å². The van der Waals surface area contributed by atoms with Crippen LogP contribution in [0.2, 0.25) is 0 Å². The maximum absolute atomic E-state index is 5.79. The highest BCUT2D eigenvalue weighted by atomic mass is 16.5. The highest BCUT2D eigenvalue weighted by Gasteiger charge is 2.35. The van der Waals surface area contributed by atoms with Gasteiger partial charge < -0.3 is 19.5 Å². The van der Waals surface area contributed by atoms with E-state index < -0.39 is 0 Å². The van der Waals surface area contributed by atoms with Crippen LogP contribution in [-0.2, 0) is 0 Å². The van der Waals surface area contributed by atoms with Gasteiger partial charge in [0.25, 0.3) is 0 Å². The molecular formula is C20H32N2O3. The van der Waals surface area contributed by atoms with Crippen molar-refractivity contribution in [2.75, 3.05) is 47.5 Å². The fourth-order valence-electron chi connectivity index (χ4n) is 4.45. The Morgan fingerprint density at radius 1 is 0.920 bits per heavy atom. The molecule has 25 heavy (non-hydrogen) atoms. The molecule has 1 aromatic carbocycles. The fourth-order valence-corrected chi connectivity index (χ4v) is 4.45. The Morgan fingerprint density at radius 2 is 1.52 bits per heavy atom. The Morgan fingerprint density at radius 3 is 2.04 bits per heavy atom. The Bertz CT molecular complexity index is 509. The number of benzene rings is 1. The molecule has 2 fully saturated rings. The predicted octanol–water partition coefficient (Wildman–Crippen LogP) is 3.24. The second kappa shape index (κ2) is 8.77. The van der Waals surface area contributed by atoms with Gasteiger partial charge in [-0.2, -0.15) is 0 Å². The first-order valence-corrected chi connectivity index (χ1v) is 9.53. The van der Waals surface area contributed by atoms with Gasteiger partial charge in [-0.1, -0.05) is 19.3 Å². The standard InChI is InChI=1S/C20H32N2O3/c1-23-16-13-17(24-2)19(18(14-16)25-3)20(15-7-5-4-6-8-15)22-11-9-21-10-12-22/h13-15,20-21H,4-12H2,1-3H3/t20-/m1/s1. The molecule has 1 heterocycles. The van der Waals surface area contributed by atoms with Crippen LogP contribution >= 0.6 is 0 Å². The predicted molar refractivity (Wildman–Crippen MR) is 99.9 cm³/mol. The second-order valence-corrected chi connectivity index (χ2v) is 7.07. The van der Waals surface area contributed by atoms with Gasteiger partial charge in [0, 0.05) is 44.4 Å². The van der Waals surface area contributed by atoms with Crippen molar-refractivity contribution in [1.29, 1.82) is 0 Å². The van der Waals surface area contributed by atoms with Crippen LogP contribution in [0.5, 0.6) is 17.2 Å². The number of hydrogen-bond acceptors (Lipinski definition) is 5. The number of piperazine rings is 1. The molecule has 5 nitrogen and oxygen atoms in total. The molecule has 5 heteroatoms. The number of nitrogens with zero attached hydrogens (tertiary/aromatic N) is 1. The lowest BCUT2D eigenvalue weighted by Crippen LogP contribution is -2.47. The molecule has 0 amide bonds. The molecule has 1 saturated heterocycles. The quantitative estimate of drug-likeness (QED) is 0.855. The molecule has 0 unspecified atom stereocenters. The molecule has 140 valence electrons. The van der Waals surface area contributed by atoms with Gasteiger partial charge in [-0.25, -0.2) is 0 Å². The average molecular weight is 348 g/mol. The summed E-state index contributed by atoms with van der Waals surface area (Å²) >= 11 is 0. The molecule has 1 aliphatic carbocycles. The smallest absolute Gasteiger partial charge is 0.131 e. The lowest BCUT2D eigenvalue weighted by molar-refractivity contribution is 0.0989. The number of hydrogen-bond donors (Lipinski definition) is 1. The summed E-state index contributed by atoms with van der Waals surface area (Å²) in [7, 11) is 5.17. The molecule has 1 aliphatic heterocycles. The van der Waals surface area contributed by atoms with Crippen LogP contribution in [0.25, 0.3) is 0 Å². The van der Waals surface area contributed by atoms with Crippen molar-refractivity contribution < 1.29 is 14.2 Å². The van der Waals surface area contributed by atoms with E-state index in [1.165, 1.54) is 37.7 Å². The SMILES string of the molecule is COc1cc(OC)c([C@@H](C2CCCCC2)N2CCNCC2)c(OC)c1. The molecule has 1 aromatic rings. The van der Waals surface area contributed by atoms with Crippen molar-refractivity contribution >= 4 is 0 Å².